The van der Waals surface area contributed by atoms with Crippen molar-refractivity contribution in [2.45, 2.75) is 49.1 Å². The van der Waals surface area contributed by atoms with Crippen molar-refractivity contribution in [3.05, 3.63) is 42.3 Å². The molecule has 35 heavy (non-hydrogen) atoms. The van der Waals surface area contributed by atoms with Crippen molar-refractivity contribution < 1.29 is 23.2 Å². The zero-order valence-corrected chi connectivity index (χ0v) is 20.8. The van der Waals surface area contributed by atoms with Gasteiger partial charge in [0.2, 0.25) is 11.5 Å². The van der Waals surface area contributed by atoms with Gasteiger partial charge in [-0.2, -0.15) is 0 Å². The summed E-state index contributed by atoms with van der Waals surface area (Å²) in [4.78, 5) is 0. The van der Waals surface area contributed by atoms with Crippen molar-refractivity contribution in [3.63, 3.8) is 0 Å². The monoisotopic (exact) mass is 496 g/mol. The molecule has 0 saturated heterocycles. The van der Waals surface area contributed by atoms with E-state index in [0.717, 1.165) is 35.1 Å². The maximum atomic E-state index is 5.58. The Kier molecular flexibility index (Phi) is 6.98. The van der Waals surface area contributed by atoms with E-state index >= 15 is 0 Å². The summed E-state index contributed by atoms with van der Waals surface area (Å²) in [6, 6.07) is 9.74. The highest BCUT2D eigenvalue weighted by Crippen LogP contribution is 2.43. The predicted molar refractivity (Wildman–Crippen MR) is 131 cm³/mol. The summed E-state index contributed by atoms with van der Waals surface area (Å²) >= 11 is 1.60. The topological polar surface area (TPSA) is 97.6 Å². The summed E-state index contributed by atoms with van der Waals surface area (Å²) in [7, 11) is 4.83. The first-order valence-corrected chi connectivity index (χ1v) is 12.6. The Morgan fingerprint density at radius 2 is 1.74 bits per heavy atom. The van der Waals surface area contributed by atoms with Crippen LogP contribution in [-0.2, 0) is 5.75 Å². The van der Waals surface area contributed by atoms with Gasteiger partial charge in [0, 0.05) is 23.4 Å². The molecule has 0 N–H and O–H groups in total. The standard InChI is InChI=1S/C25H28N4O5S/c1-30-21-12-16(13-22(31-2)23(21)32-3)24-26-27-25(29(24)18-8-5-4-6-9-18)35-15-17-14-20(34-28-17)19-10-7-11-33-19/h7,10-14,18H,4-6,8-9,15H2,1-3H3. The lowest BCUT2D eigenvalue weighted by molar-refractivity contribution is 0.324. The molecule has 0 unspecified atom stereocenters. The summed E-state index contributed by atoms with van der Waals surface area (Å²) in [6.07, 6.45) is 7.44. The number of ether oxygens (including phenoxy) is 3. The predicted octanol–water partition coefficient (Wildman–Crippen LogP) is 6.02. The van der Waals surface area contributed by atoms with Crippen LogP contribution in [0, 0.1) is 0 Å². The molecule has 0 bridgehead atoms. The van der Waals surface area contributed by atoms with E-state index in [0.29, 0.717) is 40.6 Å². The molecule has 0 amide bonds. The number of aromatic nitrogens is 4. The minimum Gasteiger partial charge on any atom is -0.493 e. The van der Waals surface area contributed by atoms with Gasteiger partial charge in [-0.05, 0) is 37.1 Å². The summed E-state index contributed by atoms with van der Waals surface area (Å²) in [5.41, 5.74) is 1.68. The molecule has 4 aromatic rings. The fourth-order valence-electron chi connectivity index (χ4n) is 4.50. The zero-order chi connectivity index (χ0) is 24.2. The first kappa shape index (κ1) is 23.3. The summed E-state index contributed by atoms with van der Waals surface area (Å²) < 4.78 is 29.8. The lowest BCUT2D eigenvalue weighted by atomic mass is 9.95. The molecule has 0 spiro atoms. The minimum absolute atomic E-state index is 0.325. The van der Waals surface area contributed by atoms with Crippen LogP contribution in [0.5, 0.6) is 17.2 Å². The van der Waals surface area contributed by atoms with Crippen LogP contribution < -0.4 is 14.2 Å². The van der Waals surface area contributed by atoms with E-state index in [1.165, 1.54) is 19.3 Å². The normalized spacial score (nSPS) is 14.3. The Bertz CT molecular complexity index is 1240. The smallest absolute Gasteiger partial charge is 0.203 e. The Labute approximate surface area is 207 Å². The van der Waals surface area contributed by atoms with Gasteiger partial charge in [0.25, 0.3) is 0 Å². The second-order valence-electron chi connectivity index (χ2n) is 8.33. The molecule has 1 saturated carbocycles. The molecule has 3 aromatic heterocycles. The van der Waals surface area contributed by atoms with E-state index in [-0.39, 0.29) is 0 Å². The Morgan fingerprint density at radius 1 is 0.971 bits per heavy atom. The molecule has 0 atom stereocenters. The van der Waals surface area contributed by atoms with Gasteiger partial charge in [0.05, 0.1) is 33.3 Å². The lowest BCUT2D eigenvalue weighted by Crippen LogP contribution is -2.15. The molecule has 1 fully saturated rings. The third-order valence-electron chi connectivity index (χ3n) is 6.20. The molecule has 9 nitrogen and oxygen atoms in total. The fraction of sp³-hybridized carbons (Fsp3) is 0.400. The molecular formula is C25H28N4O5S. The first-order chi connectivity index (χ1) is 17.2. The van der Waals surface area contributed by atoms with Crippen LogP contribution >= 0.6 is 11.8 Å². The number of rotatable bonds is 9. The lowest BCUT2D eigenvalue weighted by Gasteiger charge is -2.26. The summed E-state index contributed by atoms with van der Waals surface area (Å²) in [6.45, 7) is 0. The van der Waals surface area contributed by atoms with Crippen molar-refractivity contribution >= 4 is 11.8 Å². The van der Waals surface area contributed by atoms with Gasteiger partial charge in [-0.15, -0.1) is 10.2 Å². The number of methoxy groups -OCH3 is 3. The molecular weight excluding hydrogens is 468 g/mol. The van der Waals surface area contributed by atoms with Crippen LogP contribution in [0.2, 0.25) is 0 Å². The quantitative estimate of drug-likeness (QED) is 0.258. The maximum absolute atomic E-state index is 5.58. The highest BCUT2D eigenvalue weighted by molar-refractivity contribution is 7.98. The van der Waals surface area contributed by atoms with Crippen LogP contribution in [0.1, 0.15) is 43.8 Å². The molecule has 1 aliphatic carbocycles. The largest absolute Gasteiger partial charge is 0.493 e. The SMILES string of the molecule is COc1cc(-c2nnc(SCc3cc(-c4ccco4)on3)n2C2CCCCC2)cc(OC)c1OC. The van der Waals surface area contributed by atoms with Crippen molar-refractivity contribution in [1.82, 2.24) is 19.9 Å². The van der Waals surface area contributed by atoms with Crippen molar-refractivity contribution in [1.29, 1.82) is 0 Å². The van der Waals surface area contributed by atoms with Crippen LogP contribution in [0.3, 0.4) is 0 Å². The van der Waals surface area contributed by atoms with E-state index in [9.17, 15) is 0 Å². The third-order valence-corrected chi connectivity index (χ3v) is 7.18. The summed E-state index contributed by atoms with van der Waals surface area (Å²) in [5, 5.41) is 14.2. The van der Waals surface area contributed by atoms with E-state index in [1.807, 2.05) is 30.3 Å². The van der Waals surface area contributed by atoms with Crippen molar-refractivity contribution in [2.75, 3.05) is 21.3 Å². The number of hydrogen-bond acceptors (Lipinski definition) is 9. The van der Waals surface area contributed by atoms with Gasteiger partial charge in [-0.25, -0.2) is 0 Å². The number of nitrogens with zero attached hydrogens (tertiary/aromatic N) is 4. The Hall–Kier alpha value is -3.40. The van der Waals surface area contributed by atoms with Crippen LogP contribution in [0.15, 0.2) is 50.7 Å². The van der Waals surface area contributed by atoms with Crippen LogP contribution in [0.4, 0.5) is 0 Å². The molecule has 3 heterocycles. The second-order valence-corrected chi connectivity index (χ2v) is 9.27. The average Bonchev–Trinajstić information content (AvgIpc) is 3.67. The van der Waals surface area contributed by atoms with Gasteiger partial charge in [-0.1, -0.05) is 36.2 Å². The molecule has 184 valence electrons. The number of thioether (sulfide) groups is 1. The van der Waals surface area contributed by atoms with E-state index < -0.39 is 0 Å². The van der Waals surface area contributed by atoms with Crippen LogP contribution in [-0.4, -0.2) is 41.3 Å². The van der Waals surface area contributed by atoms with E-state index in [4.69, 9.17) is 23.2 Å². The first-order valence-electron chi connectivity index (χ1n) is 11.6. The van der Waals surface area contributed by atoms with Crippen molar-refractivity contribution in [2.24, 2.45) is 0 Å². The minimum atomic E-state index is 0.325. The third kappa shape index (κ3) is 4.75. The van der Waals surface area contributed by atoms with Crippen molar-refractivity contribution in [3.8, 4) is 40.2 Å². The average molecular weight is 497 g/mol. The molecule has 5 rings (SSSR count). The molecule has 0 radical (unpaired) electrons. The van der Waals surface area contributed by atoms with E-state index in [1.54, 1.807) is 39.4 Å². The van der Waals surface area contributed by atoms with Gasteiger partial charge in [-0.3, -0.25) is 4.57 Å². The number of furan rings is 1. The molecule has 1 aliphatic rings. The highest BCUT2D eigenvalue weighted by atomic mass is 32.2. The van der Waals surface area contributed by atoms with Gasteiger partial charge in [0.1, 0.15) is 0 Å². The maximum Gasteiger partial charge on any atom is 0.203 e. The van der Waals surface area contributed by atoms with Gasteiger partial charge < -0.3 is 23.2 Å². The van der Waals surface area contributed by atoms with Gasteiger partial charge in [0.15, 0.2) is 28.2 Å². The summed E-state index contributed by atoms with van der Waals surface area (Å²) in [5.74, 6) is 4.38. The molecule has 1 aromatic carbocycles. The van der Waals surface area contributed by atoms with E-state index in [2.05, 4.69) is 19.9 Å². The Balaban J connectivity index is 1.47. The zero-order valence-electron chi connectivity index (χ0n) is 20.0. The number of benzene rings is 1. The van der Waals surface area contributed by atoms with Crippen LogP contribution in [0.25, 0.3) is 22.9 Å². The number of hydrogen-bond donors (Lipinski definition) is 0. The molecule has 0 aliphatic heterocycles. The van der Waals surface area contributed by atoms with Gasteiger partial charge >= 0.3 is 0 Å². The fourth-order valence-corrected chi connectivity index (χ4v) is 5.39. The Morgan fingerprint density at radius 3 is 2.40 bits per heavy atom. The highest BCUT2D eigenvalue weighted by Gasteiger charge is 2.26. The molecule has 10 heteroatoms. The second kappa shape index (κ2) is 10.5.